The van der Waals surface area contributed by atoms with Crippen molar-refractivity contribution in [1.82, 2.24) is 5.32 Å². The number of carbonyl (C=O) groups is 2. The molecule has 2 N–H and O–H groups in total. The van der Waals surface area contributed by atoms with Gasteiger partial charge >= 0.3 is 0 Å². The lowest BCUT2D eigenvalue weighted by molar-refractivity contribution is -0.119. The van der Waals surface area contributed by atoms with Crippen LogP contribution in [0.15, 0.2) is 18.2 Å². The van der Waals surface area contributed by atoms with Gasteiger partial charge in [-0.15, -0.1) is 0 Å². The Bertz CT molecular complexity index is 665. The molecule has 0 aromatic heterocycles. The number of benzene rings is 1. The zero-order valence-electron chi connectivity index (χ0n) is 17.0. The van der Waals surface area contributed by atoms with Crippen LogP contribution < -0.4 is 15.5 Å². The van der Waals surface area contributed by atoms with Gasteiger partial charge in [0.25, 0.3) is 5.91 Å². The van der Waals surface area contributed by atoms with Crippen LogP contribution in [0.2, 0.25) is 0 Å². The lowest BCUT2D eigenvalue weighted by Gasteiger charge is -2.22. The topological polar surface area (TPSA) is 70.7 Å². The highest BCUT2D eigenvalue weighted by Crippen LogP contribution is 2.29. The van der Waals surface area contributed by atoms with Crippen LogP contribution in [0.5, 0.6) is 0 Å². The van der Waals surface area contributed by atoms with Gasteiger partial charge in [0.2, 0.25) is 5.91 Å². The standard InChI is InChI=1S/C22H33N3O3/c1-2-28-15-7-12-23-22(27)19-16-18(24-21(26)17-8-3-4-9-17)10-11-20(19)25-13-5-6-14-25/h10-11,16-17H,2-9,12-15H2,1H3,(H,23,27)(H,24,26). The predicted molar refractivity (Wildman–Crippen MR) is 112 cm³/mol. The molecule has 1 aromatic rings. The lowest BCUT2D eigenvalue weighted by Crippen LogP contribution is -2.29. The molecule has 6 nitrogen and oxygen atoms in total. The Kier molecular flexibility index (Phi) is 7.71. The molecule has 6 heteroatoms. The molecule has 1 saturated carbocycles. The molecule has 2 aliphatic rings. The summed E-state index contributed by atoms with van der Waals surface area (Å²) in [5.74, 6) is 0.0963. The van der Waals surface area contributed by atoms with Gasteiger partial charge in [-0.25, -0.2) is 0 Å². The fourth-order valence-corrected chi connectivity index (χ4v) is 4.08. The molecule has 0 radical (unpaired) electrons. The predicted octanol–water partition coefficient (Wildman–Crippen LogP) is 3.57. The number of anilines is 2. The first-order valence-corrected chi connectivity index (χ1v) is 10.7. The molecular weight excluding hydrogens is 354 g/mol. The van der Waals surface area contributed by atoms with Crippen molar-refractivity contribution in [2.45, 2.75) is 51.9 Å². The van der Waals surface area contributed by atoms with Gasteiger partial charge in [-0.05, 0) is 57.2 Å². The van der Waals surface area contributed by atoms with Crippen molar-refractivity contribution in [2.24, 2.45) is 5.92 Å². The van der Waals surface area contributed by atoms with Crippen molar-refractivity contribution in [3.63, 3.8) is 0 Å². The van der Waals surface area contributed by atoms with E-state index in [-0.39, 0.29) is 17.7 Å². The van der Waals surface area contributed by atoms with Crippen molar-refractivity contribution in [3.05, 3.63) is 23.8 Å². The maximum Gasteiger partial charge on any atom is 0.253 e. The second-order valence-electron chi connectivity index (χ2n) is 7.70. The molecule has 0 unspecified atom stereocenters. The van der Waals surface area contributed by atoms with E-state index in [1.165, 1.54) is 0 Å². The van der Waals surface area contributed by atoms with Gasteiger partial charge < -0.3 is 20.3 Å². The Balaban J connectivity index is 1.69. The number of hydrogen-bond donors (Lipinski definition) is 2. The average molecular weight is 388 g/mol. The molecule has 1 heterocycles. The molecule has 0 atom stereocenters. The van der Waals surface area contributed by atoms with Crippen LogP contribution in [0.3, 0.4) is 0 Å². The molecule has 2 fully saturated rings. The van der Waals surface area contributed by atoms with E-state index in [1.54, 1.807) is 0 Å². The van der Waals surface area contributed by atoms with Crippen molar-refractivity contribution < 1.29 is 14.3 Å². The number of amides is 2. The maximum absolute atomic E-state index is 12.9. The second-order valence-corrected chi connectivity index (χ2v) is 7.70. The Labute approximate surface area is 168 Å². The van der Waals surface area contributed by atoms with Crippen molar-refractivity contribution in [3.8, 4) is 0 Å². The Morgan fingerprint density at radius 1 is 1.14 bits per heavy atom. The van der Waals surface area contributed by atoms with Gasteiger partial charge in [-0.1, -0.05) is 12.8 Å². The molecule has 3 rings (SSSR count). The summed E-state index contributed by atoms with van der Waals surface area (Å²) in [7, 11) is 0. The van der Waals surface area contributed by atoms with Gasteiger partial charge in [0.05, 0.1) is 5.56 Å². The van der Waals surface area contributed by atoms with Crippen LogP contribution in [0.25, 0.3) is 0 Å². The maximum atomic E-state index is 12.9. The van der Waals surface area contributed by atoms with Crippen molar-refractivity contribution >= 4 is 23.2 Å². The summed E-state index contributed by atoms with van der Waals surface area (Å²) in [4.78, 5) is 27.6. The lowest BCUT2D eigenvalue weighted by atomic mass is 10.1. The first kappa shape index (κ1) is 20.6. The van der Waals surface area contributed by atoms with Crippen LogP contribution in [0.1, 0.15) is 62.2 Å². The summed E-state index contributed by atoms with van der Waals surface area (Å²) >= 11 is 0. The van der Waals surface area contributed by atoms with Gasteiger partial charge in [-0.3, -0.25) is 9.59 Å². The number of hydrogen-bond acceptors (Lipinski definition) is 4. The summed E-state index contributed by atoms with van der Waals surface area (Å²) in [5, 5.41) is 6.02. The molecule has 0 bridgehead atoms. The third kappa shape index (κ3) is 5.47. The summed E-state index contributed by atoms with van der Waals surface area (Å²) in [5.41, 5.74) is 2.31. The van der Waals surface area contributed by atoms with Gasteiger partial charge in [0.1, 0.15) is 0 Å². The zero-order chi connectivity index (χ0) is 19.8. The molecule has 2 amide bonds. The molecular formula is C22H33N3O3. The van der Waals surface area contributed by atoms with Crippen molar-refractivity contribution in [2.75, 3.05) is 43.1 Å². The third-order valence-electron chi connectivity index (χ3n) is 5.64. The van der Waals surface area contributed by atoms with E-state index in [2.05, 4.69) is 15.5 Å². The van der Waals surface area contributed by atoms with Gasteiger partial charge in [-0.2, -0.15) is 0 Å². The molecule has 1 saturated heterocycles. The molecule has 154 valence electrons. The Hall–Kier alpha value is -2.08. The van der Waals surface area contributed by atoms with E-state index in [9.17, 15) is 9.59 Å². The molecule has 0 spiro atoms. The summed E-state index contributed by atoms with van der Waals surface area (Å²) in [6.07, 6.45) is 7.26. The van der Waals surface area contributed by atoms with E-state index >= 15 is 0 Å². The van der Waals surface area contributed by atoms with E-state index in [4.69, 9.17) is 4.74 Å². The molecule has 28 heavy (non-hydrogen) atoms. The van der Waals surface area contributed by atoms with Crippen LogP contribution in [-0.2, 0) is 9.53 Å². The Morgan fingerprint density at radius 3 is 2.61 bits per heavy atom. The highest BCUT2D eigenvalue weighted by molar-refractivity contribution is 6.02. The van der Waals surface area contributed by atoms with Crippen molar-refractivity contribution in [1.29, 1.82) is 0 Å². The fourth-order valence-electron chi connectivity index (χ4n) is 4.08. The summed E-state index contributed by atoms with van der Waals surface area (Å²) < 4.78 is 5.33. The van der Waals surface area contributed by atoms with E-state index in [0.717, 1.165) is 63.7 Å². The number of nitrogens with zero attached hydrogens (tertiary/aromatic N) is 1. The Morgan fingerprint density at radius 2 is 1.89 bits per heavy atom. The quantitative estimate of drug-likeness (QED) is 0.636. The minimum Gasteiger partial charge on any atom is -0.382 e. The third-order valence-corrected chi connectivity index (χ3v) is 5.64. The van der Waals surface area contributed by atoms with E-state index < -0.39 is 0 Å². The fraction of sp³-hybridized carbons (Fsp3) is 0.636. The largest absolute Gasteiger partial charge is 0.382 e. The van der Waals surface area contributed by atoms with Crippen LogP contribution in [0, 0.1) is 5.92 Å². The van der Waals surface area contributed by atoms with E-state index in [1.807, 2.05) is 25.1 Å². The highest BCUT2D eigenvalue weighted by atomic mass is 16.5. The highest BCUT2D eigenvalue weighted by Gasteiger charge is 2.24. The molecule has 1 aliphatic carbocycles. The minimum absolute atomic E-state index is 0.0782. The second kappa shape index (κ2) is 10.5. The molecule has 1 aromatic carbocycles. The first-order chi connectivity index (χ1) is 13.7. The van der Waals surface area contributed by atoms with Crippen LogP contribution in [-0.4, -0.2) is 44.7 Å². The SMILES string of the molecule is CCOCCCNC(=O)c1cc(NC(=O)C2CCCC2)ccc1N1CCCC1. The number of nitrogens with one attached hydrogen (secondary N) is 2. The molecule has 1 aliphatic heterocycles. The summed E-state index contributed by atoms with van der Waals surface area (Å²) in [6.45, 7) is 5.82. The van der Waals surface area contributed by atoms with E-state index in [0.29, 0.717) is 31.0 Å². The summed E-state index contributed by atoms with van der Waals surface area (Å²) in [6, 6.07) is 5.73. The van der Waals surface area contributed by atoms with Gasteiger partial charge in [0, 0.05) is 50.1 Å². The number of ether oxygens (including phenoxy) is 1. The average Bonchev–Trinajstić information content (AvgIpc) is 3.41. The van der Waals surface area contributed by atoms with Crippen LogP contribution in [0.4, 0.5) is 11.4 Å². The minimum atomic E-state index is -0.0876. The first-order valence-electron chi connectivity index (χ1n) is 10.7. The number of carbonyl (C=O) groups excluding carboxylic acids is 2. The van der Waals surface area contributed by atoms with Gasteiger partial charge in [0.15, 0.2) is 0 Å². The zero-order valence-corrected chi connectivity index (χ0v) is 17.0. The number of rotatable bonds is 9. The normalized spacial score (nSPS) is 17.1. The van der Waals surface area contributed by atoms with Crippen LogP contribution >= 0.6 is 0 Å². The smallest absolute Gasteiger partial charge is 0.253 e. The monoisotopic (exact) mass is 387 g/mol.